The number of nitrogens with zero attached hydrogens (tertiary/aromatic N) is 1. The van der Waals surface area contributed by atoms with Crippen molar-refractivity contribution in [2.75, 3.05) is 34.4 Å². The first-order chi connectivity index (χ1) is 10.1. The van der Waals surface area contributed by atoms with E-state index in [0.29, 0.717) is 13.2 Å². The first kappa shape index (κ1) is 16.1. The number of fused-ring (bicyclic) bond motifs is 1. The van der Waals surface area contributed by atoms with Gasteiger partial charge < -0.3 is 19.7 Å². The molecule has 0 saturated heterocycles. The van der Waals surface area contributed by atoms with Crippen molar-refractivity contribution in [2.45, 2.75) is 38.3 Å². The van der Waals surface area contributed by atoms with Crippen LogP contribution in [0.4, 0.5) is 0 Å². The van der Waals surface area contributed by atoms with Gasteiger partial charge in [-0.05, 0) is 51.7 Å². The van der Waals surface area contributed by atoms with Crippen LogP contribution in [0.3, 0.4) is 0 Å². The highest BCUT2D eigenvalue weighted by atomic mass is 16.6. The zero-order valence-electron chi connectivity index (χ0n) is 13.9. The molecule has 0 fully saturated rings. The Morgan fingerprint density at radius 2 is 1.76 bits per heavy atom. The van der Waals surface area contributed by atoms with Crippen LogP contribution in [0.25, 0.3) is 0 Å². The number of likely N-dealkylation sites (N-methyl/N-ethyl adjacent to an activating group) is 2. The highest BCUT2D eigenvalue weighted by Gasteiger charge is 2.38. The van der Waals surface area contributed by atoms with E-state index < -0.39 is 0 Å². The van der Waals surface area contributed by atoms with Crippen molar-refractivity contribution in [3.05, 3.63) is 23.8 Å². The number of nitrogens with one attached hydrogen (secondary N) is 1. The molecule has 1 aromatic rings. The lowest BCUT2D eigenvalue weighted by molar-refractivity contribution is 0.0913. The van der Waals surface area contributed by atoms with E-state index in [1.165, 1.54) is 5.56 Å². The first-order valence-corrected chi connectivity index (χ1v) is 7.83. The summed E-state index contributed by atoms with van der Waals surface area (Å²) in [6.07, 6.45) is 2.16. The molecule has 1 unspecified atom stereocenters. The van der Waals surface area contributed by atoms with E-state index in [9.17, 15) is 0 Å². The summed E-state index contributed by atoms with van der Waals surface area (Å²) in [6, 6.07) is 6.55. The average Bonchev–Trinajstić information content (AvgIpc) is 2.52. The van der Waals surface area contributed by atoms with Gasteiger partial charge >= 0.3 is 0 Å². The highest BCUT2D eigenvalue weighted by Crippen LogP contribution is 2.39. The first-order valence-electron chi connectivity index (χ1n) is 7.83. The molecule has 118 valence electrons. The Morgan fingerprint density at radius 3 is 2.29 bits per heavy atom. The molecule has 0 radical (unpaired) electrons. The lowest BCUT2D eigenvalue weighted by atomic mass is 9.79. The molecule has 1 N–H and O–H groups in total. The number of benzene rings is 1. The Balaban J connectivity index is 2.40. The Morgan fingerprint density at radius 1 is 1.14 bits per heavy atom. The molecule has 0 aliphatic carbocycles. The molecule has 1 aliphatic heterocycles. The maximum Gasteiger partial charge on any atom is 0.161 e. The zero-order chi connectivity index (χ0) is 15.5. The average molecular weight is 292 g/mol. The summed E-state index contributed by atoms with van der Waals surface area (Å²) in [5.74, 6) is 1.71. The minimum absolute atomic E-state index is 0.0819. The molecule has 0 amide bonds. The SMILES string of the molecule is CCC(CC)(C(NC)c1ccc2c(c1)OCCO2)N(C)C. The van der Waals surface area contributed by atoms with Crippen molar-refractivity contribution >= 4 is 0 Å². The minimum Gasteiger partial charge on any atom is -0.486 e. The van der Waals surface area contributed by atoms with Gasteiger partial charge in [-0.25, -0.2) is 0 Å². The van der Waals surface area contributed by atoms with Crippen LogP contribution in [-0.2, 0) is 0 Å². The molecule has 0 bridgehead atoms. The van der Waals surface area contributed by atoms with Gasteiger partial charge in [-0.3, -0.25) is 0 Å². The zero-order valence-corrected chi connectivity index (χ0v) is 13.9. The predicted molar refractivity (Wildman–Crippen MR) is 86.2 cm³/mol. The van der Waals surface area contributed by atoms with Crippen LogP contribution in [0, 0.1) is 0 Å². The van der Waals surface area contributed by atoms with Gasteiger partial charge in [0.15, 0.2) is 11.5 Å². The van der Waals surface area contributed by atoms with Gasteiger partial charge in [0.1, 0.15) is 13.2 Å². The van der Waals surface area contributed by atoms with E-state index in [0.717, 1.165) is 24.3 Å². The second-order valence-electron chi connectivity index (χ2n) is 5.83. The molecule has 0 spiro atoms. The fraction of sp³-hybridized carbons (Fsp3) is 0.647. The van der Waals surface area contributed by atoms with E-state index >= 15 is 0 Å². The summed E-state index contributed by atoms with van der Waals surface area (Å²) < 4.78 is 11.4. The number of hydrogen-bond donors (Lipinski definition) is 1. The van der Waals surface area contributed by atoms with Crippen LogP contribution in [0.5, 0.6) is 11.5 Å². The van der Waals surface area contributed by atoms with Crippen LogP contribution < -0.4 is 14.8 Å². The largest absolute Gasteiger partial charge is 0.486 e. The van der Waals surface area contributed by atoms with Crippen LogP contribution in [-0.4, -0.2) is 44.8 Å². The molecule has 1 atom stereocenters. The fourth-order valence-corrected chi connectivity index (χ4v) is 3.53. The topological polar surface area (TPSA) is 33.7 Å². The highest BCUT2D eigenvalue weighted by molar-refractivity contribution is 5.45. The van der Waals surface area contributed by atoms with Crippen LogP contribution in [0.15, 0.2) is 18.2 Å². The summed E-state index contributed by atoms with van der Waals surface area (Å²) in [5, 5.41) is 3.51. The Hall–Kier alpha value is -1.26. The molecule has 0 saturated carbocycles. The second kappa shape index (κ2) is 6.67. The molecular weight excluding hydrogens is 264 g/mol. The van der Waals surface area contributed by atoms with Crippen molar-refractivity contribution in [1.82, 2.24) is 10.2 Å². The third kappa shape index (κ3) is 2.87. The normalized spacial score (nSPS) is 16.1. The minimum atomic E-state index is 0.0819. The lowest BCUT2D eigenvalue weighted by Crippen LogP contribution is -2.52. The summed E-state index contributed by atoms with van der Waals surface area (Å²) in [5.41, 5.74) is 1.33. The van der Waals surface area contributed by atoms with Crippen LogP contribution in [0.1, 0.15) is 38.3 Å². The molecule has 2 rings (SSSR count). The third-order valence-corrected chi connectivity index (χ3v) is 4.84. The summed E-state index contributed by atoms with van der Waals surface area (Å²) in [6.45, 7) is 5.77. The summed E-state index contributed by atoms with van der Waals surface area (Å²) >= 11 is 0. The molecule has 0 aromatic heterocycles. The van der Waals surface area contributed by atoms with E-state index in [2.05, 4.69) is 50.3 Å². The Kier molecular flexibility index (Phi) is 5.12. The molecule has 1 aliphatic rings. The van der Waals surface area contributed by atoms with Gasteiger partial charge in [0.25, 0.3) is 0 Å². The smallest absolute Gasteiger partial charge is 0.161 e. The van der Waals surface area contributed by atoms with Gasteiger partial charge in [0.2, 0.25) is 0 Å². The number of hydrogen-bond acceptors (Lipinski definition) is 4. The monoisotopic (exact) mass is 292 g/mol. The van der Waals surface area contributed by atoms with Gasteiger partial charge in [-0.2, -0.15) is 0 Å². The maximum atomic E-state index is 5.73. The van der Waals surface area contributed by atoms with Crippen molar-refractivity contribution in [1.29, 1.82) is 0 Å². The standard InChI is InChI=1S/C17H28N2O2/c1-6-17(7-2,19(4)5)16(18-3)13-8-9-14-15(12-13)21-11-10-20-14/h8-9,12,16,18H,6-7,10-11H2,1-5H3. The fourth-order valence-electron chi connectivity index (χ4n) is 3.53. The van der Waals surface area contributed by atoms with Gasteiger partial charge in [-0.1, -0.05) is 19.9 Å². The molecule has 1 heterocycles. The van der Waals surface area contributed by atoms with E-state index in [1.54, 1.807) is 0 Å². The van der Waals surface area contributed by atoms with E-state index in [-0.39, 0.29) is 11.6 Å². The van der Waals surface area contributed by atoms with E-state index in [1.807, 2.05) is 13.1 Å². The van der Waals surface area contributed by atoms with Gasteiger partial charge in [0, 0.05) is 5.54 Å². The number of rotatable bonds is 6. The van der Waals surface area contributed by atoms with Crippen molar-refractivity contribution < 1.29 is 9.47 Å². The van der Waals surface area contributed by atoms with Gasteiger partial charge in [-0.15, -0.1) is 0 Å². The maximum absolute atomic E-state index is 5.73. The molecule has 4 nitrogen and oxygen atoms in total. The van der Waals surface area contributed by atoms with Crippen molar-refractivity contribution in [2.24, 2.45) is 0 Å². The summed E-state index contributed by atoms with van der Waals surface area (Å²) in [7, 11) is 6.36. The molecular formula is C17H28N2O2. The Labute approximate surface area is 128 Å². The molecule has 4 heteroatoms. The molecule has 1 aromatic carbocycles. The van der Waals surface area contributed by atoms with Crippen LogP contribution in [0.2, 0.25) is 0 Å². The van der Waals surface area contributed by atoms with Crippen molar-refractivity contribution in [3.63, 3.8) is 0 Å². The van der Waals surface area contributed by atoms with Crippen LogP contribution >= 0.6 is 0 Å². The lowest BCUT2D eigenvalue weighted by Gasteiger charge is -2.45. The third-order valence-electron chi connectivity index (χ3n) is 4.84. The second-order valence-corrected chi connectivity index (χ2v) is 5.83. The molecule has 21 heavy (non-hydrogen) atoms. The predicted octanol–water partition coefficient (Wildman–Crippen LogP) is 2.84. The Bertz CT molecular complexity index is 470. The number of ether oxygens (including phenoxy) is 2. The van der Waals surface area contributed by atoms with Crippen molar-refractivity contribution in [3.8, 4) is 11.5 Å². The quantitative estimate of drug-likeness (QED) is 0.874. The summed E-state index contributed by atoms with van der Waals surface area (Å²) in [4.78, 5) is 2.34. The van der Waals surface area contributed by atoms with Gasteiger partial charge in [0.05, 0.1) is 6.04 Å². The van der Waals surface area contributed by atoms with E-state index in [4.69, 9.17) is 9.47 Å².